The first kappa shape index (κ1) is 18.9. The van der Waals surface area contributed by atoms with Gasteiger partial charge >= 0.3 is 0 Å². The van der Waals surface area contributed by atoms with Crippen molar-refractivity contribution >= 4 is 22.7 Å². The Bertz CT molecular complexity index is 876. The molecular formula is C22H27N3O3. The predicted octanol–water partition coefficient (Wildman–Crippen LogP) is 2.17. The van der Waals surface area contributed by atoms with Crippen molar-refractivity contribution in [1.82, 2.24) is 14.8 Å². The Morgan fingerprint density at radius 1 is 1.14 bits per heavy atom. The number of fused-ring (bicyclic) bond motifs is 1. The molecule has 1 aromatic carbocycles. The van der Waals surface area contributed by atoms with Crippen molar-refractivity contribution in [2.24, 2.45) is 17.8 Å². The van der Waals surface area contributed by atoms with E-state index in [0.29, 0.717) is 30.5 Å². The highest BCUT2D eigenvalue weighted by Crippen LogP contribution is 2.36. The number of rotatable bonds is 3. The molecule has 4 rings (SSSR count). The molecule has 2 aromatic rings. The van der Waals surface area contributed by atoms with E-state index in [1.165, 1.54) is 0 Å². The maximum absolute atomic E-state index is 13.1. The summed E-state index contributed by atoms with van der Waals surface area (Å²) in [6.45, 7) is 4.55. The Labute approximate surface area is 165 Å². The molecule has 2 fully saturated rings. The number of carbonyl (C=O) groups is 2. The second-order valence-corrected chi connectivity index (χ2v) is 8.07. The van der Waals surface area contributed by atoms with Crippen molar-refractivity contribution in [2.75, 3.05) is 32.8 Å². The number of amides is 2. The second kappa shape index (κ2) is 7.87. The van der Waals surface area contributed by atoms with Crippen LogP contribution in [0.25, 0.3) is 10.9 Å². The minimum absolute atomic E-state index is 0.0212. The zero-order chi connectivity index (χ0) is 19.7. The molecule has 0 unspecified atom stereocenters. The van der Waals surface area contributed by atoms with Crippen LogP contribution in [0.2, 0.25) is 0 Å². The summed E-state index contributed by atoms with van der Waals surface area (Å²) in [6, 6.07) is 9.46. The molecule has 6 heteroatoms. The number of hydrogen-bond acceptors (Lipinski definition) is 4. The van der Waals surface area contributed by atoms with Crippen LogP contribution in [0.1, 0.15) is 30.1 Å². The third-order valence-corrected chi connectivity index (χ3v) is 6.45. The first-order chi connectivity index (χ1) is 13.6. The number of likely N-dealkylation sites (tertiary alicyclic amines) is 2. The molecule has 2 aliphatic rings. The Kier molecular flexibility index (Phi) is 5.31. The van der Waals surface area contributed by atoms with Gasteiger partial charge in [-0.15, -0.1) is 0 Å². The van der Waals surface area contributed by atoms with E-state index < -0.39 is 0 Å². The molecule has 2 atom stereocenters. The van der Waals surface area contributed by atoms with Gasteiger partial charge in [0.15, 0.2) is 0 Å². The number of aliphatic hydroxyl groups excluding tert-OH is 1. The minimum atomic E-state index is 0.0212. The van der Waals surface area contributed by atoms with Gasteiger partial charge in [-0.3, -0.25) is 14.6 Å². The lowest BCUT2D eigenvalue weighted by molar-refractivity contribution is -0.130. The van der Waals surface area contributed by atoms with Crippen LogP contribution in [0.5, 0.6) is 0 Å². The van der Waals surface area contributed by atoms with Gasteiger partial charge in [0.2, 0.25) is 5.91 Å². The third kappa shape index (κ3) is 3.61. The smallest absolute Gasteiger partial charge is 0.253 e. The van der Waals surface area contributed by atoms with Crippen LogP contribution >= 0.6 is 0 Å². The first-order valence-corrected chi connectivity index (χ1v) is 10.1. The van der Waals surface area contributed by atoms with Crippen LogP contribution in [0.3, 0.4) is 0 Å². The summed E-state index contributed by atoms with van der Waals surface area (Å²) in [6.07, 6.45) is 3.65. The number of pyridine rings is 1. The van der Waals surface area contributed by atoms with E-state index in [-0.39, 0.29) is 24.3 Å². The molecule has 28 heavy (non-hydrogen) atoms. The number of carbonyl (C=O) groups excluding carboxylic acids is 2. The molecule has 2 aliphatic heterocycles. The van der Waals surface area contributed by atoms with Crippen LogP contribution in [0.15, 0.2) is 36.5 Å². The fraction of sp³-hybridized carbons (Fsp3) is 0.500. The van der Waals surface area contributed by atoms with E-state index in [1.807, 2.05) is 40.1 Å². The zero-order valence-corrected chi connectivity index (χ0v) is 16.3. The predicted molar refractivity (Wildman–Crippen MR) is 107 cm³/mol. The fourth-order valence-corrected chi connectivity index (χ4v) is 4.82. The van der Waals surface area contributed by atoms with Crippen molar-refractivity contribution in [3.63, 3.8) is 0 Å². The average Bonchev–Trinajstić information content (AvgIpc) is 3.17. The molecule has 0 aliphatic carbocycles. The quantitative estimate of drug-likeness (QED) is 0.884. The van der Waals surface area contributed by atoms with Gasteiger partial charge in [0.1, 0.15) is 0 Å². The molecule has 2 amide bonds. The maximum atomic E-state index is 13.1. The summed E-state index contributed by atoms with van der Waals surface area (Å²) in [5.74, 6) is 1.01. The molecule has 3 heterocycles. The molecule has 6 nitrogen and oxygen atoms in total. The summed E-state index contributed by atoms with van der Waals surface area (Å²) in [5, 5.41) is 10.9. The number of aliphatic hydroxyl groups is 1. The van der Waals surface area contributed by atoms with Gasteiger partial charge in [0, 0.05) is 62.8 Å². The molecule has 0 saturated carbocycles. The van der Waals surface area contributed by atoms with Crippen LogP contribution in [0.4, 0.5) is 0 Å². The standard InChI is InChI=1S/C22H27N3O3/c1-15(27)24-9-6-16(7-10-24)20-13-25(12-19(20)14-26)22(28)18-4-5-21-17(11-18)3-2-8-23-21/h2-5,8,11,16,19-20,26H,6-7,9-10,12-14H2,1H3/t19-,20-/m0/s1. The second-order valence-electron chi connectivity index (χ2n) is 8.07. The number of aromatic nitrogens is 1. The van der Waals surface area contributed by atoms with Gasteiger partial charge in [-0.05, 0) is 48.9 Å². The van der Waals surface area contributed by atoms with Crippen molar-refractivity contribution < 1.29 is 14.7 Å². The summed E-state index contributed by atoms with van der Waals surface area (Å²) >= 11 is 0. The first-order valence-electron chi connectivity index (χ1n) is 10.1. The average molecular weight is 381 g/mol. The lowest BCUT2D eigenvalue weighted by Gasteiger charge is -2.35. The summed E-state index contributed by atoms with van der Waals surface area (Å²) in [7, 11) is 0. The largest absolute Gasteiger partial charge is 0.396 e. The monoisotopic (exact) mass is 381 g/mol. The molecule has 1 aromatic heterocycles. The highest BCUT2D eigenvalue weighted by atomic mass is 16.3. The van der Waals surface area contributed by atoms with Gasteiger partial charge in [0.25, 0.3) is 5.91 Å². The molecule has 0 spiro atoms. The molecule has 1 N–H and O–H groups in total. The van der Waals surface area contributed by atoms with Crippen molar-refractivity contribution in [1.29, 1.82) is 0 Å². The summed E-state index contributed by atoms with van der Waals surface area (Å²) < 4.78 is 0. The van der Waals surface area contributed by atoms with Crippen molar-refractivity contribution in [3.8, 4) is 0 Å². The van der Waals surface area contributed by atoms with Crippen LogP contribution in [-0.2, 0) is 4.79 Å². The van der Waals surface area contributed by atoms with Gasteiger partial charge < -0.3 is 14.9 Å². The molecule has 2 saturated heterocycles. The molecule has 0 bridgehead atoms. The highest BCUT2D eigenvalue weighted by molar-refractivity contribution is 5.98. The van der Waals surface area contributed by atoms with Crippen molar-refractivity contribution in [3.05, 3.63) is 42.1 Å². The van der Waals surface area contributed by atoms with Gasteiger partial charge in [-0.1, -0.05) is 6.07 Å². The molecule has 0 radical (unpaired) electrons. The normalized spacial score (nSPS) is 23.4. The number of piperidine rings is 1. The van der Waals surface area contributed by atoms with Crippen LogP contribution in [0, 0.1) is 17.8 Å². The maximum Gasteiger partial charge on any atom is 0.253 e. The minimum Gasteiger partial charge on any atom is -0.396 e. The number of nitrogens with zero attached hydrogens (tertiary/aromatic N) is 3. The van der Waals surface area contributed by atoms with E-state index in [2.05, 4.69) is 4.98 Å². The van der Waals surface area contributed by atoms with E-state index in [9.17, 15) is 14.7 Å². The van der Waals surface area contributed by atoms with E-state index in [0.717, 1.165) is 36.8 Å². The van der Waals surface area contributed by atoms with E-state index >= 15 is 0 Å². The lowest BCUT2D eigenvalue weighted by atomic mass is 9.79. The topological polar surface area (TPSA) is 73.7 Å². The van der Waals surface area contributed by atoms with E-state index in [4.69, 9.17) is 0 Å². The van der Waals surface area contributed by atoms with Gasteiger partial charge in [-0.25, -0.2) is 0 Å². The Hall–Kier alpha value is -2.47. The molecule has 148 valence electrons. The SMILES string of the molecule is CC(=O)N1CCC([C@@H]2CN(C(=O)c3ccc4ncccc4c3)C[C@H]2CO)CC1. The summed E-state index contributed by atoms with van der Waals surface area (Å²) in [5.41, 5.74) is 1.55. The van der Waals surface area contributed by atoms with E-state index in [1.54, 1.807) is 13.1 Å². The summed E-state index contributed by atoms with van der Waals surface area (Å²) in [4.78, 5) is 32.8. The Morgan fingerprint density at radius 3 is 2.64 bits per heavy atom. The van der Waals surface area contributed by atoms with Crippen LogP contribution in [-0.4, -0.2) is 64.5 Å². The lowest BCUT2D eigenvalue weighted by Crippen LogP contribution is -2.40. The number of hydrogen-bond donors (Lipinski definition) is 1. The van der Waals surface area contributed by atoms with Crippen LogP contribution < -0.4 is 0 Å². The third-order valence-electron chi connectivity index (χ3n) is 6.45. The Morgan fingerprint density at radius 2 is 1.93 bits per heavy atom. The van der Waals surface area contributed by atoms with Gasteiger partial charge in [-0.2, -0.15) is 0 Å². The number of benzene rings is 1. The Balaban J connectivity index is 1.47. The highest BCUT2D eigenvalue weighted by Gasteiger charge is 2.40. The van der Waals surface area contributed by atoms with Gasteiger partial charge in [0.05, 0.1) is 5.52 Å². The van der Waals surface area contributed by atoms with Crippen molar-refractivity contribution in [2.45, 2.75) is 19.8 Å². The zero-order valence-electron chi connectivity index (χ0n) is 16.3. The fourth-order valence-electron chi connectivity index (χ4n) is 4.82. The molecular weight excluding hydrogens is 354 g/mol.